The largest absolute Gasteiger partial charge is 0.388 e. The molecule has 3 heterocycles. The van der Waals surface area contributed by atoms with Crippen molar-refractivity contribution in [2.45, 2.75) is 17.9 Å². The Hall–Kier alpha value is -0.950. The van der Waals surface area contributed by atoms with E-state index in [4.69, 9.17) is 0 Å². The number of aliphatic imine (C=N–C) groups is 1. The summed E-state index contributed by atoms with van der Waals surface area (Å²) in [5.41, 5.74) is 1.16. The first-order chi connectivity index (χ1) is 10.7. The molecule has 22 heavy (non-hydrogen) atoms. The fourth-order valence-corrected chi connectivity index (χ4v) is 6.08. The van der Waals surface area contributed by atoms with E-state index in [2.05, 4.69) is 40.4 Å². The van der Waals surface area contributed by atoms with E-state index >= 15 is 0 Å². The second kappa shape index (κ2) is 5.60. The van der Waals surface area contributed by atoms with Crippen molar-refractivity contribution < 1.29 is 5.11 Å². The lowest BCUT2D eigenvalue weighted by Gasteiger charge is -2.16. The van der Waals surface area contributed by atoms with Crippen LogP contribution in [-0.2, 0) is 0 Å². The van der Waals surface area contributed by atoms with Crippen molar-refractivity contribution in [3.63, 3.8) is 0 Å². The second-order valence-corrected chi connectivity index (χ2v) is 8.21. The number of aliphatic hydroxyl groups is 1. The van der Waals surface area contributed by atoms with Crippen molar-refractivity contribution in [2.75, 3.05) is 19.3 Å². The summed E-state index contributed by atoms with van der Waals surface area (Å²) in [7, 11) is 0. The molecule has 0 spiro atoms. The number of amidine groups is 1. The van der Waals surface area contributed by atoms with Gasteiger partial charge in [-0.3, -0.25) is 4.99 Å². The van der Waals surface area contributed by atoms with Crippen LogP contribution in [0.4, 0.5) is 0 Å². The molecule has 1 unspecified atom stereocenters. The third-order valence-electron chi connectivity index (χ3n) is 3.85. The fraction of sp³-hybridized carbons (Fsp3) is 0.312. The van der Waals surface area contributed by atoms with Gasteiger partial charge in [0.2, 0.25) is 0 Å². The molecule has 2 aliphatic heterocycles. The van der Waals surface area contributed by atoms with Gasteiger partial charge in [0.25, 0.3) is 0 Å². The van der Waals surface area contributed by atoms with E-state index in [1.807, 2.05) is 18.3 Å². The van der Waals surface area contributed by atoms with Crippen LogP contribution in [-0.4, -0.2) is 40.6 Å². The zero-order chi connectivity index (χ0) is 15.3. The first-order valence-corrected chi connectivity index (χ1v) is 10.0. The minimum Gasteiger partial charge on any atom is -0.388 e. The highest BCUT2D eigenvalue weighted by Gasteiger charge is 2.35. The van der Waals surface area contributed by atoms with Gasteiger partial charge in [-0.05, 0) is 30.7 Å². The molecule has 1 atom stereocenters. The zero-order valence-corrected chi connectivity index (χ0v) is 14.8. The molecule has 0 bridgehead atoms. The third kappa shape index (κ3) is 2.21. The lowest BCUT2D eigenvalue weighted by atomic mass is 10.2. The third-order valence-corrected chi connectivity index (χ3v) is 7.23. The quantitative estimate of drug-likeness (QED) is 0.848. The number of nitrogens with zero attached hydrogens (tertiary/aromatic N) is 2. The minimum atomic E-state index is -0.460. The van der Waals surface area contributed by atoms with Crippen molar-refractivity contribution in [2.24, 2.45) is 4.99 Å². The van der Waals surface area contributed by atoms with Crippen LogP contribution in [0.3, 0.4) is 0 Å². The van der Waals surface area contributed by atoms with Crippen LogP contribution < -0.4 is 0 Å². The summed E-state index contributed by atoms with van der Waals surface area (Å²) in [5, 5.41) is 12.5. The molecule has 1 aromatic heterocycles. The van der Waals surface area contributed by atoms with Crippen molar-refractivity contribution in [3.05, 3.63) is 34.0 Å². The minimum absolute atomic E-state index is 0.460. The Morgan fingerprint density at radius 3 is 3.05 bits per heavy atom. The predicted molar refractivity (Wildman–Crippen MR) is 98.8 cm³/mol. The van der Waals surface area contributed by atoms with Crippen LogP contribution >= 0.6 is 34.9 Å². The van der Waals surface area contributed by atoms with E-state index in [1.54, 1.807) is 23.5 Å². The second-order valence-electron chi connectivity index (χ2n) is 5.30. The van der Waals surface area contributed by atoms with Crippen LogP contribution in [0.25, 0.3) is 15.8 Å². The number of hydrogen-bond donors (Lipinski definition) is 1. The molecule has 6 heteroatoms. The van der Waals surface area contributed by atoms with Gasteiger partial charge in [0.1, 0.15) is 0 Å². The molecule has 2 aliphatic rings. The van der Waals surface area contributed by atoms with Gasteiger partial charge < -0.3 is 10.0 Å². The molecule has 3 nitrogen and oxygen atoms in total. The summed E-state index contributed by atoms with van der Waals surface area (Å²) in [6, 6.07) is 8.70. The monoisotopic (exact) mass is 348 g/mol. The van der Waals surface area contributed by atoms with Gasteiger partial charge in [-0.2, -0.15) is 0 Å². The van der Waals surface area contributed by atoms with Crippen molar-refractivity contribution in [1.82, 2.24) is 4.90 Å². The Balaban J connectivity index is 1.89. The molecule has 2 aromatic rings. The van der Waals surface area contributed by atoms with Gasteiger partial charge >= 0.3 is 0 Å². The highest BCUT2D eigenvalue weighted by atomic mass is 32.2. The fourth-order valence-electron chi connectivity index (χ4n) is 2.85. The van der Waals surface area contributed by atoms with Crippen LogP contribution in [0.2, 0.25) is 0 Å². The Labute approximate surface area is 142 Å². The number of thioether (sulfide) groups is 2. The number of thiophene rings is 1. The molecule has 0 fully saturated rings. The molecular formula is C16H16N2OS3. The van der Waals surface area contributed by atoms with Gasteiger partial charge in [-0.15, -0.1) is 23.1 Å². The summed E-state index contributed by atoms with van der Waals surface area (Å²) in [6.07, 6.45) is 1.66. The van der Waals surface area contributed by atoms with Crippen molar-refractivity contribution in [1.29, 1.82) is 0 Å². The van der Waals surface area contributed by atoms with Crippen LogP contribution in [0.5, 0.6) is 0 Å². The average molecular weight is 349 g/mol. The van der Waals surface area contributed by atoms with Crippen LogP contribution in [0.15, 0.2) is 39.1 Å². The molecule has 0 saturated carbocycles. The van der Waals surface area contributed by atoms with Crippen LogP contribution in [0, 0.1) is 0 Å². The van der Waals surface area contributed by atoms with E-state index in [-0.39, 0.29) is 0 Å². The Morgan fingerprint density at radius 1 is 1.41 bits per heavy atom. The summed E-state index contributed by atoms with van der Waals surface area (Å²) >= 11 is 5.22. The van der Waals surface area contributed by atoms with Crippen LogP contribution in [0.1, 0.15) is 11.8 Å². The van der Waals surface area contributed by atoms with Crippen molar-refractivity contribution >= 4 is 55.8 Å². The molecule has 1 aromatic carbocycles. The standard InChI is InChI=1S/C16H16N2OS3/c1-9(19)14-13(18-7-6-17-16(18)22-14)12-8-10-4-3-5-11(20-2)15(10)21-12/h3-5,8-9,19H,6-7H2,1-2H3. The van der Waals surface area contributed by atoms with Gasteiger partial charge in [-0.25, -0.2) is 0 Å². The van der Waals surface area contributed by atoms with Gasteiger partial charge in [0.15, 0.2) is 5.17 Å². The van der Waals surface area contributed by atoms with E-state index in [0.717, 1.165) is 28.9 Å². The average Bonchev–Trinajstić information content (AvgIpc) is 3.18. The van der Waals surface area contributed by atoms with Crippen molar-refractivity contribution in [3.8, 4) is 0 Å². The van der Waals surface area contributed by atoms with E-state index < -0.39 is 6.10 Å². The number of fused-ring (bicyclic) bond motifs is 2. The Kier molecular flexibility index (Phi) is 3.72. The van der Waals surface area contributed by atoms with E-state index in [1.165, 1.54) is 19.9 Å². The molecule has 0 radical (unpaired) electrons. The molecule has 0 aliphatic carbocycles. The lowest BCUT2D eigenvalue weighted by molar-refractivity contribution is 0.240. The number of benzene rings is 1. The SMILES string of the molecule is CSc1cccc2cc(C3=C(C(C)O)SC4=NCCN43)sc12. The summed E-state index contributed by atoms with van der Waals surface area (Å²) < 4.78 is 1.33. The molecule has 0 amide bonds. The molecule has 1 N–H and O–H groups in total. The highest BCUT2D eigenvalue weighted by Crippen LogP contribution is 2.46. The highest BCUT2D eigenvalue weighted by molar-refractivity contribution is 8.17. The maximum atomic E-state index is 10.2. The lowest BCUT2D eigenvalue weighted by Crippen LogP contribution is -2.19. The Morgan fingerprint density at radius 2 is 2.27 bits per heavy atom. The first-order valence-electron chi connectivity index (χ1n) is 7.18. The topological polar surface area (TPSA) is 35.8 Å². The summed E-state index contributed by atoms with van der Waals surface area (Å²) in [5.74, 6) is 0. The predicted octanol–water partition coefficient (Wildman–Crippen LogP) is 4.09. The smallest absolute Gasteiger partial charge is 0.168 e. The van der Waals surface area contributed by atoms with E-state index in [9.17, 15) is 5.11 Å². The van der Waals surface area contributed by atoms with Gasteiger partial charge in [0, 0.05) is 21.0 Å². The van der Waals surface area contributed by atoms with E-state index in [0.29, 0.717) is 0 Å². The molecule has 114 valence electrons. The molecule has 4 rings (SSSR count). The maximum absolute atomic E-state index is 10.2. The number of rotatable bonds is 3. The molecular weight excluding hydrogens is 332 g/mol. The summed E-state index contributed by atoms with van der Waals surface area (Å²) in [6.45, 7) is 3.60. The number of hydrogen-bond acceptors (Lipinski definition) is 6. The number of aliphatic hydroxyl groups excluding tert-OH is 1. The van der Waals surface area contributed by atoms with Gasteiger partial charge in [-0.1, -0.05) is 23.9 Å². The zero-order valence-electron chi connectivity index (χ0n) is 12.4. The summed E-state index contributed by atoms with van der Waals surface area (Å²) in [4.78, 5) is 10.4. The Bertz CT molecular complexity index is 807. The maximum Gasteiger partial charge on any atom is 0.168 e. The molecule has 0 saturated heterocycles. The normalized spacial score (nSPS) is 19.0. The van der Waals surface area contributed by atoms with Gasteiger partial charge in [0.05, 0.1) is 23.2 Å². The first kappa shape index (κ1) is 14.6.